The van der Waals surface area contributed by atoms with Crippen LogP contribution in [0.5, 0.6) is 0 Å². The Morgan fingerprint density at radius 3 is 2.69 bits per heavy atom. The predicted octanol–water partition coefficient (Wildman–Crippen LogP) is 3.26. The van der Waals surface area contributed by atoms with Crippen molar-refractivity contribution < 1.29 is 13.6 Å². The largest absolute Gasteiger partial charge is 0.338 e. The van der Waals surface area contributed by atoms with Crippen LogP contribution >= 0.6 is 15.9 Å². The van der Waals surface area contributed by atoms with Crippen LogP contribution in [0.3, 0.4) is 0 Å². The van der Waals surface area contributed by atoms with Crippen molar-refractivity contribution in [3.8, 4) is 0 Å². The van der Waals surface area contributed by atoms with Gasteiger partial charge < -0.3 is 10.6 Å². The molecule has 0 saturated heterocycles. The SMILES string of the molecule is CCCNC(=O)Nc1cc(F)c(Br)cc1F. The number of halogens is 3. The highest BCUT2D eigenvalue weighted by Crippen LogP contribution is 2.23. The summed E-state index contributed by atoms with van der Waals surface area (Å²) in [6.45, 7) is 2.37. The molecule has 1 aromatic carbocycles. The highest BCUT2D eigenvalue weighted by atomic mass is 79.9. The first-order valence-electron chi connectivity index (χ1n) is 4.74. The number of hydrogen-bond acceptors (Lipinski definition) is 1. The number of benzene rings is 1. The average Bonchev–Trinajstić information content (AvgIpc) is 2.23. The molecule has 1 aromatic rings. The number of nitrogens with one attached hydrogen (secondary N) is 2. The summed E-state index contributed by atoms with van der Waals surface area (Å²) in [7, 11) is 0. The third-order valence-corrected chi connectivity index (χ3v) is 2.40. The first-order valence-corrected chi connectivity index (χ1v) is 5.53. The van der Waals surface area contributed by atoms with E-state index in [0.717, 1.165) is 18.6 Å². The van der Waals surface area contributed by atoms with Gasteiger partial charge in [0.1, 0.15) is 11.6 Å². The molecule has 1 rings (SSSR count). The second-order valence-electron chi connectivity index (χ2n) is 3.13. The average molecular weight is 293 g/mol. The molecule has 0 fully saturated rings. The normalized spacial score (nSPS) is 10.0. The lowest BCUT2D eigenvalue weighted by atomic mass is 10.3. The smallest absolute Gasteiger partial charge is 0.319 e. The summed E-state index contributed by atoms with van der Waals surface area (Å²) >= 11 is 2.85. The van der Waals surface area contributed by atoms with E-state index in [9.17, 15) is 13.6 Å². The molecule has 0 bridgehead atoms. The van der Waals surface area contributed by atoms with Crippen molar-refractivity contribution >= 4 is 27.6 Å². The lowest BCUT2D eigenvalue weighted by Crippen LogP contribution is -2.29. The molecule has 0 unspecified atom stereocenters. The van der Waals surface area contributed by atoms with Gasteiger partial charge in [-0.15, -0.1) is 0 Å². The van der Waals surface area contributed by atoms with Crippen LogP contribution in [0.25, 0.3) is 0 Å². The predicted molar refractivity (Wildman–Crippen MR) is 61.4 cm³/mol. The van der Waals surface area contributed by atoms with E-state index in [0.29, 0.717) is 6.54 Å². The van der Waals surface area contributed by atoms with Gasteiger partial charge in [0.15, 0.2) is 0 Å². The minimum atomic E-state index is -0.695. The molecule has 3 nitrogen and oxygen atoms in total. The Morgan fingerprint density at radius 2 is 2.06 bits per heavy atom. The third-order valence-electron chi connectivity index (χ3n) is 1.79. The first kappa shape index (κ1) is 12.9. The second-order valence-corrected chi connectivity index (χ2v) is 3.98. The maximum absolute atomic E-state index is 13.3. The van der Waals surface area contributed by atoms with E-state index in [-0.39, 0.29) is 10.2 Å². The van der Waals surface area contributed by atoms with Crippen LogP contribution < -0.4 is 10.6 Å². The van der Waals surface area contributed by atoms with Crippen LogP contribution in [-0.2, 0) is 0 Å². The van der Waals surface area contributed by atoms with Crippen molar-refractivity contribution in [1.29, 1.82) is 0 Å². The number of carbonyl (C=O) groups is 1. The van der Waals surface area contributed by atoms with Crippen molar-refractivity contribution in [1.82, 2.24) is 5.32 Å². The molecule has 0 aliphatic rings. The van der Waals surface area contributed by atoms with Gasteiger partial charge in [-0.05, 0) is 28.4 Å². The van der Waals surface area contributed by atoms with Crippen LogP contribution in [0.1, 0.15) is 13.3 Å². The number of rotatable bonds is 3. The van der Waals surface area contributed by atoms with Gasteiger partial charge in [0.05, 0.1) is 10.2 Å². The summed E-state index contributed by atoms with van der Waals surface area (Å²) in [5.41, 5.74) is -0.186. The van der Waals surface area contributed by atoms with Crippen LogP contribution in [0.4, 0.5) is 19.3 Å². The molecule has 0 aromatic heterocycles. The van der Waals surface area contributed by atoms with Gasteiger partial charge in [-0.2, -0.15) is 0 Å². The molecule has 0 radical (unpaired) electrons. The van der Waals surface area contributed by atoms with Gasteiger partial charge in [-0.3, -0.25) is 0 Å². The van der Waals surface area contributed by atoms with Gasteiger partial charge in [0, 0.05) is 12.6 Å². The highest BCUT2D eigenvalue weighted by molar-refractivity contribution is 9.10. The van der Waals surface area contributed by atoms with Crippen molar-refractivity contribution in [2.45, 2.75) is 13.3 Å². The molecule has 0 aliphatic heterocycles. The van der Waals surface area contributed by atoms with E-state index in [1.807, 2.05) is 6.92 Å². The Kier molecular flexibility index (Phi) is 4.67. The zero-order chi connectivity index (χ0) is 12.1. The molecule has 0 saturated carbocycles. The van der Waals surface area contributed by atoms with Gasteiger partial charge in [-0.25, -0.2) is 13.6 Å². The summed E-state index contributed by atoms with van der Waals surface area (Å²) in [4.78, 5) is 11.2. The molecule has 0 atom stereocenters. The van der Waals surface area contributed by atoms with Crippen molar-refractivity contribution in [2.24, 2.45) is 0 Å². The molecule has 16 heavy (non-hydrogen) atoms. The Hall–Kier alpha value is -1.17. The number of urea groups is 1. The molecule has 2 N–H and O–H groups in total. The Labute approximate surface area is 100 Å². The highest BCUT2D eigenvalue weighted by Gasteiger charge is 2.10. The van der Waals surface area contributed by atoms with Crippen LogP contribution in [0.15, 0.2) is 16.6 Å². The Morgan fingerprint density at radius 1 is 1.38 bits per heavy atom. The Balaban J connectivity index is 2.73. The number of amides is 2. The third kappa shape index (κ3) is 3.44. The molecule has 0 spiro atoms. The van der Waals surface area contributed by atoms with E-state index in [1.54, 1.807) is 0 Å². The summed E-state index contributed by atoms with van der Waals surface area (Å²) in [5.74, 6) is -1.33. The minimum Gasteiger partial charge on any atom is -0.338 e. The van der Waals surface area contributed by atoms with Gasteiger partial charge >= 0.3 is 6.03 Å². The zero-order valence-corrected chi connectivity index (χ0v) is 10.2. The first-order chi connectivity index (χ1) is 7.54. The van der Waals surface area contributed by atoms with Gasteiger partial charge in [0.25, 0.3) is 0 Å². The molecule has 6 heteroatoms. The molecule has 0 aliphatic carbocycles. The van der Waals surface area contributed by atoms with Crippen molar-refractivity contribution in [3.05, 3.63) is 28.2 Å². The van der Waals surface area contributed by atoms with Gasteiger partial charge in [-0.1, -0.05) is 6.92 Å². The van der Waals surface area contributed by atoms with Crippen LogP contribution in [0.2, 0.25) is 0 Å². The van der Waals surface area contributed by atoms with E-state index < -0.39 is 17.7 Å². The van der Waals surface area contributed by atoms with Crippen LogP contribution in [-0.4, -0.2) is 12.6 Å². The fraction of sp³-hybridized carbons (Fsp3) is 0.300. The summed E-state index contributed by atoms with van der Waals surface area (Å²) in [6, 6.07) is 1.33. The standard InChI is InChI=1S/C10H11BrF2N2O/c1-2-3-14-10(16)15-9-5-7(12)6(11)4-8(9)13/h4-5H,2-3H2,1H3,(H2,14,15,16). The number of carbonyl (C=O) groups excluding carboxylic acids is 1. The number of hydrogen-bond donors (Lipinski definition) is 2. The summed E-state index contributed by atoms with van der Waals surface area (Å²) < 4.78 is 26.4. The fourth-order valence-electron chi connectivity index (χ4n) is 1.02. The van der Waals surface area contributed by atoms with E-state index in [1.165, 1.54) is 0 Å². The molecular weight excluding hydrogens is 282 g/mol. The van der Waals surface area contributed by atoms with Gasteiger partial charge in [0.2, 0.25) is 0 Å². The summed E-state index contributed by atoms with van der Waals surface area (Å²) in [6.07, 6.45) is 0.768. The monoisotopic (exact) mass is 292 g/mol. The molecule has 0 heterocycles. The topological polar surface area (TPSA) is 41.1 Å². The van der Waals surface area contributed by atoms with Crippen molar-refractivity contribution in [2.75, 3.05) is 11.9 Å². The molecule has 2 amide bonds. The molecule has 88 valence electrons. The Bertz CT molecular complexity index is 399. The van der Waals surface area contributed by atoms with E-state index in [2.05, 4.69) is 26.6 Å². The zero-order valence-electron chi connectivity index (χ0n) is 8.61. The lowest BCUT2D eigenvalue weighted by Gasteiger charge is -2.08. The minimum absolute atomic E-state index is 0.0181. The maximum Gasteiger partial charge on any atom is 0.319 e. The van der Waals surface area contributed by atoms with E-state index >= 15 is 0 Å². The quantitative estimate of drug-likeness (QED) is 0.825. The number of anilines is 1. The lowest BCUT2D eigenvalue weighted by molar-refractivity contribution is 0.252. The van der Waals surface area contributed by atoms with Crippen molar-refractivity contribution in [3.63, 3.8) is 0 Å². The summed E-state index contributed by atoms with van der Waals surface area (Å²) in [5, 5.41) is 4.72. The fourth-order valence-corrected chi connectivity index (χ4v) is 1.34. The maximum atomic E-state index is 13.3. The molecular formula is C10H11BrF2N2O. The second kappa shape index (κ2) is 5.79. The van der Waals surface area contributed by atoms with Crippen LogP contribution in [0, 0.1) is 11.6 Å². The van der Waals surface area contributed by atoms with E-state index in [4.69, 9.17) is 0 Å².